The molecule has 1 N–H and O–H groups in total. The van der Waals surface area contributed by atoms with Gasteiger partial charge in [0.2, 0.25) is 23.6 Å². The van der Waals surface area contributed by atoms with Crippen molar-refractivity contribution in [1.29, 1.82) is 0 Å². The number of non-ortho nitro benzene ring substituents is 1. The Bertz CT molecular complexity index is 2730. The fourth-order valence-electron chi connectivity index (χ4n) is 9.75. The predicted octanol–water partition coefficient (Wildman–Crippen LogP) is 8.85. The zero-order chi connectivity index (χ0) is 41.3. The first-order chi connectivity index (χ1) is 27.6. The topological polar surface area (TPSA) is 165 Å². The minimum absolute atomic E-state index is 0.100. The van der Waals surface area contributed by atoms with Crippen molar-refractivity contribution >= 4 is 106 Å². The Labute approximate surface area is 356 Å². The Balaban J connectivity index is 1.17. The van der Waals surface area contributed by atoms with E-state index >= 15 is 9.59 Å². The van der Waals surface area contributed by atoms with Crippen molar-refractivity contribution in [3.63, 3.8) is 0 Å². The minimum atomic E-state index is -1.41. The van der Waals surface area contributed by atoms with Crippen LogP contribution in [0.5, 0.6) is 11.5 Å². The summed E-state index contributed by atoms with van der Waals surface area (Å²) in [6, 6.07) is 14.3. The van der Waals surface area contributed by atoms with Gasteiger partial charge in [-0.05, 0) is 117 Å². The Hall–Kier alpha value is -4.90. The molecule has 17 heteroatoms. The van der Waals surface area contributed by atoms with Gasteiger partial charge in [-0.1, -0.05) is 23.3 Å². The number of imide groups is 2. The van der Waals surface area contributed by atoms with Crippen LogP contribution in [0.2, 0.25) is 5.02 Å². The second-order valence-electron chi connectivity index (χ2n) is 15.3. The van der Waals surface area contributed by atoms with Gasteiger partial charge in [0.05, 0.1) is 50.2 Å². The lowest BCUT2D eigenvalue weighted by molar-refractivity contribution is -0.384. The van der Waals surface area contributed by atoms with Gasteiger partial charge in [0.1, 0.15) is 11.5 Å². The predicted molar refractivity (Wildman–Crippen MR) is 224 cm³/mol. The van der Waals surface area contributed by atoms with Gasteiger partial charge in [-0.15, -0.1) is 11.3 Å². The van der Waals surface area contributed by atoms with Gasteiger partial charge in [-0.3, -0.25) is 38.9 Å². The summed E-state index contributed by atoms with van der Waals surface area (Å²) in [5, 5.41) is 28.7. The molecule has 4 heterocycles. The van der Waals surface area contributed by atoms with E-state index in [-0.39, 0.29) is 46.0 Å². The number of phenols is 1. The number of halogens is 3. The molecule has 0 radical (unpaired) electrons. The highest BCUT2D eigenvalue weighted by Gasteiger charge is 2.68. The van der Waals surface area contributed by atoms with Crippen LogP contribution in [0.1, 0.15) is 36.8 Å². The number of phenolic OH excluding ortho intramolecular Hbond substituents is 1. The van der Waals surface area contributed by atoms with E-state index < -0.39 is 63.6 Å². The van der Waals surface area contributed by atoms with Gasteiger partial charge in [0, 0.05) is 45.4 Å². The molecular weight excluding hydrogens is 918 g/mol. The second kappa shape index (κ2) is 13.6. The van der Waals surface area contributed by atoms with Crippen LogP contribution in [0.25, 0.3) is 20.7 Å². The summed E-state index contributed by atoms with van der Waals surface area (Å²) in [7, 11) is 3.09. The van der Waals surface area contributed by atoms with Crippen molar-refractivity contribution in [3.8, 4) is 22.1 Å². The number of hydrogen-bond donors (Lipinski definition) is 1. The number of ether oxygens (including phenoxy) is 1. The summed E-state index contributed by atoms with van der Waals surface area (Å²) in [6.45, 7) is 3.75. The number of fused-ring (bicyclic) bond motifs is 5. The van der Waals surface area contributed by atoms with Crippen LogP contribution in [0, 0.1) is 46.1 Å². The molecule has 6 unspecified atom stereocenters. The normalized spacial score (nSPS) is 25.3. The van der Waals surface area contributed by atoms with Gasteiger partial charge in [-0.25, -0.2) is 4.90 Å². The number of nitrogens with zero attached hydrogens (tertiary/aromatic N) is 5. The van der Waals surface area contributed by atoms with Crippen LogP contribution in [-0.4, -0.2) is 50.5 Å². The summed E-state index contributed by atoms with van der Waals surface area (Å²) in [6.07, 6.45) is 2.21. The first-order valence-electron chi connectivity index (χ1n) is 18.3. The highest BCUT2D eigenvalue weighted by molar-refractivity contribution is 9.13. The molecule has 58 heavy (non-hydrogen) atoms. The van der Waals surface area contributed by atoms with Crippen LogP contribution in [-0.2, 0) is 26.2 Å². The SMILES string of the molecule is COc1cc(C2C3=CCC4C(=O)N(c5ccc([N+](=O)[O-])cc5)C(=O)C4C3CC3C(=O)N(c4cc(-c5sc6ccc(Cl)cc6c5C)nn4C)C(=O)C32C)c(Br)c(Br)c1O. The number of aromatic nitrogens is 2. The number of amides is 4. The number of aryl methyl sites for hydroxylation is 2. The lowest BCUT2D eigenvalue weighted by Gasteiger charge is -2.49. The molecule has 3 fully saturated rings. The molecule has 2 saturated heterocycles. The number of aromatic hydroxyl groups is 1. The number of hydrogen-bond acceptors (Lipinski definition) is 10. The zero-order valence-corrected chi connectivity index (χ0v) is 35.9. The van der Waals surface area contributed by atoms with E-state index in [1.54, 1.807) is 26.1 Å². The summed E-state index contributed by atoms with van der Waals surface area (Å²) in [4.78, 5) is 72.8. The first-order valence-corrected chi connectivity index (χ1v) is 21.0. The summed E-state index contributed by atoms with van der Waals surface area (Å²) in [5.74, 6) is -5.63. The van der Waals surface area contributed by atoms with Gasteiger partial charge >= 0.3 is 0 Å². The largest absolute Gasteiger partial charge is 0.503 e. The van der Waals surface area contributed by atoms with Gasteiger partial charge in [0.25, 0.3) is 5.69 Å². The van der Waals surface area contributed by atoms with Gasteiger partial charge in [0.15, 0.2) is 11.5 Å². The number of methoxy groups -OCH3 is 1. The molecule has 13 nitrogen and oxygen atoms in total. The first kappa shape index (κ1) is 38.6. The second-order valence-corrected chi connectivity index (χ2v) is 18.4. The zero-order valence-electron chi connectivity index (χ0n) is 31.2. The number of carbonyl (C=O) groups is 4. The highest BCUT2D eigenvalue weighted by Crippen LogP contribution is 2.65. The summed E-state index contributed by atoms with van der Waals surface area (Å²) < 4.78 is 8.82. The fraction of sp³-hybridized carbons (Fsp3) is 0.293. The van der Waals surface area contributed by atoms with Crippen molar-refractivity contribution in [2.45, 2.75) is 32.6 Å². The van der Waals surface area contributed by atoms with Crippen molar-refractivity contribution in [2.24, 2.45) is 36.1 Å². The van der Waals surface area contributed by atoms with E-state index in [0.717, 1.165) is 31.0 Å². The van der Waals surface area contributed by atoms with E-state index in [4.69, 9.17) is 21.4 Å². The Morgan fingerprint density at radius 2 is 1.72 bits per heavy atom. The molecule has 3 aromatic carbocycles. The Morgan fingerprint density at radius 1 is 1.00 bits per heavy atom. The lowest BCUT2D eigenvalue weighted by atomic mass is 9.51. The van der Waals surface area contributed by atoms with Crippen LogP contribution in [0.3, 0.4) is 0 Å². The molecule has 1 saturated carbocycles. The van der Waals surface area contributed by atoms with E-state index in [2.05, 4.69) is 31.9 Å². The number of anilines is 2. The molecule has 0 bridgehead atoms. The standard InChI is InChI=1S/C41H32Br2ClN5O8S/c1-17-23-13-18(44)5-12-29(23)58-36(17)27-16-30(46(3)45-27)48-38(52)26-14-24-21(32(41(26,2)40(48)54)25-15-28(57-4)35(50)34(43)33(25)42)10-11-22-31(24)39(53)47(37(22)51)19-6-8-20(9-7-19)49(55)56/h5-10,12-13,15-16,22,24,26,31-32,50H,11,14H2,1-4H3. The number of benzene rings is 3. The molecule has 2 aromatic heterocycles. The third-order valence-corrected chi connectivity index (χ3v) is 16.2. The third-order valence-electron chi connectivity index (χ3n) is 12.5. The average molecular weight is 950 g/mol. The quantitative estimate of drug-likeness (QED) is 0.0758. The lowest BCUT2D eigenvalue weighted by Crippen LogP contribution is -2.49. The molecule has 2 aliphatic heterocycles. The Kier molecular flexibility index (Phi) is 9.04. The van der Waals surface area contributed by atoms with Crippen LogP contribution in [0.15, 0.2) is 75.2 Å². The van der Waals surface area contributed by atoms with Crippen LogP contribution < -0.4 is 14.5 Å². The molecule has 4 aliphatic rings. The van der Waals surface area contributed by atoms with Crippen molar-refractivity contribution in [3.05, 3.63) is 101 Å². The maximum Gasteiger partial charge on any atom is 0.269 e. The van der Waals surface area contributed by atoms with E-state index in [9.17, 15) is 24.8 Å². The summed E-state index contributed by atoms with van der Waals surface area (Å²) in [5.41, 5.74) is 1.44. The monoisotopic (exact) mass is 947 g/mol. The maximum absolute atomic E-state index is 15.3. The number of nitro groups is 1. The number of nitro benzene ring substituents is 1. The van der Waals surface area contributed by atoms with Gasteiger partial charge < -0.3 is 9.84 Å². The molecule has 296 valence electrons. The molecule has 2 aliphatic carbocycles. The third kappa shape index (κ3) is 5.33. The molecule has 4 amide bonds. The van der Waals surface area contributed by atoms with Crippen molar-refractivity contribution < 1.29 is 33.9 Å². The average Bonchev–Trinajstić information content (AvgIpc) is 3.87. The minimum Gasteiger partial charge on any atom is -0.503 e. The number of carbonyl (C=O) groups excluding carboxylic acids is 4. The van der Waals surface area contributed by atoms with Crippen molar-refractivity contribution in [2.75, 3.05) is 16.9 Å². The van der Waals surface area contributed by atoms with E-state index in [0.29, 0.717) is 20.8 Å². The van der Waals surface area contributed by atoms with Crippen LogP contribution >= 0.6 is 54.8 Å². The van der Waals surface area contributed by atoms with Crippen LogP contribution in [0.4, 0.5) is 17.2 Å². The number of rotatable bonds is 6. The van der Waals surface area contributed by atoms with Crippen molar-refractivity contribution in [1.82, 2.24) is 9.78 Å². The number of allylic oxidation sites excluding steroid dienone is 2. The summed E-state index contributed by atoms with van der Waals surface area (Å²) >= 11 is 15.0. The maximum atomic E-state index is 15.3. The highest BCUT2D eigenvalue weighted by atomic mass is 79.9. The molecule has 0 spiro atoms. The fourth-order valence-corrected chi connectivity index (χ4v) is 12.0. The Morgan fingerprint density at radius 3 is 2.41 bits per heavy atom. The number of thiophene rings is 1. The smallest absolute Gasteiger partial charge is 0.269 e. The molecule has 9 rings (SSSR count). The van der Waals surface area contributed by atoms with E-state index in [1.807, 2.05) is 31.2 Å². The molecule has 5 aromatic rings. The van der Waals surface area contributed by atoms with E-state index in [1.165, 1.54) is 52.3 Å². The molecule has 6 atom stereocenters. The van der Waals surface area contributed by atoms with Gasteiger partial charge in [-0.2, -0.15) is 5.10 Å². The molecular formula is C41H32Br2ClN5O8S.